The van der Waals surface area contributed by atoms with Crippen LogP contribution >= 0.6 is 11.3 Å². The molecule has 2 aromatic carbocycles. The molecule has 2 amide bonds. The zero-order valence-electron chi connectivity index (χ0n) is 17.3. The van der Waals surface area contributed by atoms with E-state index in [1.807, 2.05) is 35.7 Å². The zero-order chi connectivity index (χ0) is 21.8. The number of likely N-dealkylation sites (tertiary alicyclic amines) is 1. The van der Waals surface area contributed by atoms with Gasteiger partial charge in [0.15, 0.2) is 5.13 Å². The summed E-state index contributed by atoms with van der Waals surface area (Å²) in [6, 6.07) is 14.0. The number of anilines is 1. The maximum absolute atomic E-state index is 12.9. The van der Waals surface area contributed by atoms with Crippen LogP contribution in [-0.2, 0) is 4.79 Å². The van der Waals surface area contributed by atoms with Gasteiger partial charge in [-0.2, -0.15) is 0 Å². The molecule has 0 saturated carbocycles. The number of carbonyl (C=O) groups excluding carboxylic acids is 2. The molecule has 1 aliphatic rings. The molecule has 7 nitrogen and oxygen atoms in total. The van der Waals surface area contributed by atoms with E-state index in [-0.39, 0.29) is 11.8 Å². The van der Waals surface area contributed by atoms with E-state index in [1.165, 1.54) is 11.3 Å². The molecule has 8 heteroatoms. The molecule has 0 radical (unpaired) electrons. The largest absolute Gasteiger partial charge is 0.497 e. The molecule has 1 saturated heterocycles. The zero-order valence-corrected chi connectivity index (χ0v) is 18.1. The lowest BCUT2D eigenvalue weighted by Crippen LogP contribution is -2.43. The summed E-state index contributed by atoms with van der Waals surface area (Å²) in [6.07, 6.45) is 1.43. The molecule has 2 heterocycles. The number of amides is 2. The van der Waals surface area contributed by atoms with Crippen molar-refractivity contribution in [2.24, 2.45) is 0 Å². The molecule has 1 atom stereocenters. The predicted molar refractivity (Wildman–Crippen MR) is 120 cm³/mol. The quantitative estimate of drug-likeness (QED) is 0.629. The number of rotatable bonds is 6. The number of ether oxygens (including phenoxy) is 2. The van der Waals surface area contributed by atoms with E-state index in [9.17, 15) is 9.59 Å². The molecule has 0 spiro atoms. The lowest BCUT2D eigenvalue weighted by molar-refractivity contribution is -0.119. The fourth-order valence-electron chi connectivity index (χ4n) is 3.68. The van der Waals surface area contributed by atoms with Crippen LogP contribution in [0.1, 0.15) is 23.2 Å². The van der Waals surface area contributed by atoms with E-state index in [4.69, 9.17) is 9.47 Å². The molecule has 160 valence electrons. The van der Waals surface area contributed by atoms with E-state index in [1.54, 1.807) is 37.3 Å². The van der Waals surface area contributed by atoms with Crippen LogP contribution in [0.4, 0.5) is 5.13 Å². The third kappa shape index (κ3) is 4.39. The average molecular weight is 438 g/mol. The van der Waals surface area contributed by atoms with Gasteiger partial charge >= 0.3 is 0 Å². The summed E-state index contributed by atoms with van der Waals surface area (Å²) in [5.41, 5.74) is 2.09. The third-order valence-corrected chi connectivity index (χ3v) is 6.01. The number of aromatic nitrogens is 1. The van der Waals surface area contributed by atoms with Gasteiger partial charge in [-0.3, -0.25) is 9.59 Å². The van der Waals surface area contributed by atoms with E-state index in [2.05, 4.69) is 10.3 Å². The summed E-state index contributed by atoms with van der Waals surface area (Å²) in [6.45, 7) is 0.567. The molecule has 1 N–H and O–H groups in total. The minimum atomic E-state index is -0.504. The van der Waals surface area contributed by atoms with Gasteiger partial charge in [-0.05, 0) is 37.1 Å². The first-order chi connectivity index (χ1) is 15.1. The fraction of sp³-hybridized carbons (Fsp3) is 0.261. The summed E-state index contributed by atoms with van der Waals surface area (Å²) < 4.78 is 10.7. The maximum atomic E-state index is 12.9. The number of nitrogens with one attached hydrogen (secondary N) is 1. The second-order valence-corrected chi connectivity index (χ2v) is 7.97. The van der Waals surface area contributed by atoms with Crippen molar-refractivity contribution in [1.82, 2.24) is 9.88 Å². The lowest BCUT2D eigenvalue weighted by atomic mass is 10.1. The van der Waals surface area contributed by atoms with Gasteiger partial charge in [-0.1, -0.05) is 18.2 Å². The molecule has 1 aromatic heterocycles. The van der Waals surface area contributed by atoms with Crippen molar-refractivity contribution in [2.75, 3.05) is 26.1 Å². The normalized spacial score (nSPS) is 15.5. The first kappa shape index (κ1) is 20.9. The summed E-state index contributed by atoms with van der Waals surface area (Å²) in [4.78, 5) is 32.0. The Labute approximate surface area is 184 Å². The third-order valence-electron chi connectivity index (χ3n) is 5.26. The number of thiazole rings is 1. The van der Waals surface area contributed by atoms with Gasteiger partial charge in [-0.15, -0.1) is 11.3 Å². The summed E-state index contributed by atoms with van der Waals surface area (Å²) in [7, 11) is 3.19. The van der Waals surface area contributed by atoms with Gasteiger partial charge < -0.3 is 19.7 Å². The SMILES string of the molecule is COc1ccc(-c2csc(NC(=O)[C@H]3CCCN3C(=O)c3ccccc3)n2)c(OC)c1. The van der Waals surface area contributed by atoms with Crippen molar-refractivity contribution in [2.45, 2.75) is 18.9 Å². The number of hydrogen-bond donors (Lipinski definition) is 1. The molecular formula is C23H23N3O4S. The minimum Gasteiger partial charge on any atom is -0.497 e. The number of benzene rings is 2. The maximum Gasteiger partial charge on any atom is 0.254 e. The summed E-state index contributed by atoms with van der Waals surface area (Å²) in [5, 5.41) is 5.23. The van der Waals surface area contributed by atoms with Gasteiger partial charge in [0.1, 0.15) is 17.5 Å². The van der Waals surface area contributed by atoms with Gasteiger partial charge in [0, 0.05) is 29.1 Å². The summed E-state index contributed by atoms with van der Waals surface area (Å²) >= 11 is 1.33. The topological polar surface area (TPSA) is 80.8 Å². The van der Waals surface area contributed by atoms with Crippen LogP contribution in [0.3, 0.4) is 0 Å². The monoisotopic (exact) mass is 437 g/mol. The van der Waals surface area contributed by atoms with Crippen molar-refractivity contribution in [3.63, 3.8) is 0 Å². The van der Waals surface area contributed by atoms with Crippen LogP contribution in [0.5, 0.6) is 11.5 Å². The van der Waals surface area contributed by atoms with E-state index in [0.29, 0.717) is 40.9 Å². The van der Waals surface area contributed by atoms with Crippen LogP contribution in [0.25, 0.3) is 11.3 Å². The molecule has 1 aliphatic heterocycles. The van der Waals surface area contributed by atoms with Gasteiger partial charge in [0.2, 0.25) is 5.91 Å². The Morgan fingerprint density at radius 1 is 1.13 bits per heavy atom. The highest BCUT2D eigenvalue weighted by Gasteiger charge is 2.34. The Hall–Kier alpha value is -3.39. The van der Waals surface area contributed by atoms with Crippen molar-refractivity contribution < 1.29 is 19.1 Å². The van der Waals surface area contributed by atoms with Crippen LogP contribution in [0, 0.1) is 0 Å². The predicted octanol–water partition coefficient (Wildman–Crippen LogP) is 4.07. The number of hydrogen-bond acceptors (Lipinski definition) is 6. The van der Waals surface area contributed by atoms with E-state index in [0.717, 1.165) is 12.0 Å². The molecule has 1 fully saturated rings. The Kier molecular flexibility index (Phi) is 6.18. The lowest BCUT2D eigenvalue weighted by Gasteiger charge is -2.23. The highest BCUT2D eigenvalue weighted by Crippen LogP contribution is 2.35. The van der Waals surface area contributed by atoms with Crippen LogP contribution in [0.2, 0.25) is 0 Å². The van der Waals surface area contributed by atoms with Crippen molar-refractivity contribution in [3.05, 3.63) is 59.5 Å². The van der Waals surface area contributed by atoms with E-state index < -0.39 is 6.04 Å². The standard InChI is InChI=1S/C23H23N3O4S/c1-29-16-10-11-17(20(13-16)30-2)18-14-31-23(24-18)25-21(27)19-9-6-12-26(19)22(28)15-7-4-3-5-8-15/h3-5,7-8,10-11,13-14,19H,6,9,12H2,1-2H3,(H,24,25,27)/t19-/m1/s1. The van der Waals surface area contributed by atoms with Crippen LogP contribution in [0.15, 0.2) is 53.9 Å². The number of nitrogens with zero attached hydrogens (tertiary/aromatic N) is 2. The molecular weight excluding hydrogens is 414 g/mol. The van der Waals surface area contributed by atoms with Crippen molar-refractivity contribution >= 4 is 28.3 Å². The van der Waals surface area contributed by atoms with Crippen LogP contribution in [-0.4, -0.2) is 48.5 Å². The van der Waals surface area contributed by atoms with E-state index >= 15 is 0 Å². The number of methoxy groups -OCH3 is 2. The summed E-state index contributed by atoms with van der Waals surface area (Å²) in [5.74, 6) is 0.983. The average Bonchev–Trinajstić information content (AvgIpc) is 3.48. The minimum absolute atomic E-state index is 0.124. The van der Waals surface area contributed by atoms with Gasteiger partial charge in [0.25, 0.3) is 5.91 Å². The number of carbonyl (C=O) groups is 2. The highest BCUT2D eigenvalue weighted by molar-refractivity contribution is 7.14. The Morgan fingerprint density at radius 2 is 1.94 bits per heavy atom. The Morgan fingerprint density at radius 3 is 2.68 bits per heavy atom. The first-order valence-electron chi connectivity index (χ1n) is 9.95. The Bertz CT molecular complexity index is 1080. The Balaban J connectivity index is 1.48. The first-order valence-corrected chi connectivity index (χ1v) is 10.8. The molecule has 0 unspecified atom stereocenters. The van der Waals surface area contributed by atoms with Crippen LogP contribution < -0.4 is 14.8 Å². The molecule has 4 rings (SSSR count). The van der Waals surface area contributed by atoms with Gasteiger partial charge in [-0.25, -0.2) is 4.98 Å². The van der Waals surface area contributed by atoms with Crippen molar-refractivity contribution in [3.8, 4) is 22.8 Å². The van der Waals surface area contributed by atoms with Gasteiger partial charge in [0.05, 0.1) is 19.9 Å². The molecule has 0 bridgehead atoms. The fourth-order valence-corrected chi connectivity index (χ4v) is 4.40. The molecule has 3 aromatic rings. The van der Waals surface area contributed by atoms with Crippen molar-refractivity contribution in [1.29, 1.82) is 0 Å². The highest BCUT2D eigenvalue weighted by atomic mass is 32.1. The second-order valence-electron chi connectivity index (χ2n) is 7.12. The molecule has 0 aliphatic carbocycles. The molecule has 31 heavy (non-hydrogen) atoms. The smallest absolute Gasteiger partial charge is 0.254 e. The second kappa shape index (κ2) is 9.18.